The summed E-state index contributed by atoms with van der Waals surface area (Å²) in [6.07, 6.45) is 0. The second-order valence-corrected chi connectivity index (χ2v) is 6.96. The minimum absolute atomic E-state index is 0.352. The van der Waals surface area contributed by atoms with E-state index in [1.165, 1.54) is 10.4 Å². The topological polar surface area (TPSA) is 39.7 Å². The Morgan fingerprint density at radius 2 is 2.14 bits per heavy atom. The zero-order chi connectivity index (χ0) is 15.8. The zero-order valence-electron chi connectivity index (χ0n) is 13.4. The van der Waals surface area contributed by atoms with Gasteiger partial charge in [-0.15, -0.1) is 11.3 Å². The highest BCUT2D eigenvalue weighted by molar-refractivity contribution is 7.10. The molecule has 0 spiro atoms. The third-order valence-corrected chi connectivity index (χ3v) is 5.01. The molecule has 4 nitrogen and oxygen atoms in total. The number of nitrogens with one attached hydrogen (secondary N) is 2. The van der Waals surface area contributed by atoms with Crippen LogP contribution in [0.3, 0.4) is 0 Å². The SMILES string of the molecule is CCNC(=NCc1ccsc1)NCC(c1cccs1)N(C)C. The molecule has 2 N–H and O–H groups in total. The number of nitrogens with zero attached hydrogens (tertiary/aromatic N) is 2. The standard InChI is InChI=1S/C16H24N4S2/c1-4-17-16(18-10-13-7-9-21-12-13)19-11-14(20(2)3)15-6-5-8-22-15/h5-9,12,14H,4,10-11H2,1-3H3,(H2,17,18,19). The molecule has 0 amide bonds. The summed E-state index contributed by atoms with van der Waals surface area (Å²) in [4.78, 5) is 8.26. The Morgan fingerprint density at radius 1 is 1.27 bits per heavy atom. The van der Waals surface area contributed by atoms with Crippen molar-refractivity contribution in [1.82, 2.24) is 15.5 Å². The van der Waals surface area contributed by atoms with Gasteiger partial charge in [0.25, 0.3) is 0 Å². The molecule has 120 valence electrons. The molecule has 1 unspecified atom stereocenters. The fourth-order valence-corrected chi connectivity index (χ4v) is 3.69. The minimum atomic E-state index is 0.352. The first-order chi connectivity index (χ1) is 10.7. The van der Waals surface area contributed by atoms with Crippen molar-refractivity contribution in [3.63, 3.8) is 0 Å². The van der Waals surface area contributed by atoms with Crippen LogP contribution in [0, 0.1) is 0 Å². The summed E-state index contributed by atoms with van der Waals surface area (Å²) in [5, 5.41) is 13.1. The summed E-state index contributed by atoms with van der Waals surface area (Å²) in [6.45, 7) is 4.50. The Labute approximate surface area is 140 Å². The molecule has 6 heteroatoms. The Morgan fingerprint density at radius 3 is 2.73 bits per heavy atom. The lowest BCUT2D eigenvalue weighted by molar-refractivity contribution is 0.302. The molecule has 22 heavy (non-hydrogen) atoms. The molecule has 0 fully saturated rings. The molecule has 0 bridgehead atoms. The number of aliphatic imine (C=N–C) groups is 1. The lowest BCUT2D eigenvalue weighted by atomic mass is 10.2. The maximum Gasteiger partial charge on any atom is 0.191 e. The largest absolute Gasteiger partial charge is 0.357 e. The second-order valence-electron chi connectivity index (χ2n) is 5.20. The first-order valence-corrected chi connectivity index (χ1v) is 9.26. The van der Waals surface area contributed by atoms with Crippen LogP contribution in [-0.2, 0) is 6.54 Å². The highest BCUT2D eigenvalue weighted by Crippen LogP contribution is 2.22. The van der Waals surface area contributed by atoms with Crippen LogP contribution in [0.4, 0.5) is 0 Å². The van der Waals surface area contributed by atoms with E-state index in [1.807, 2.05) is 0 Å². The van der Waals surface area contributed by atoms with Crippen molar-refractivity contribution in [1.29, 1.82) is 0 Å². The molecule has 0 aliphatic carbocycles. The molecule has 2 aromatic heterocycles. The molecule has 2 rings (SSSR count). The lowest BCUT2D eigenvalue weighted by Gasteiger charge is -2.24. The van der Waals surface area contributed by atoms with Crippen molar-refractivity contribution in [2.75, 3.05) is 27.2 Å². The number of hydrogen-bond acceptors (Lipinski definition) is 4. The highest BCUT2D eigenvalue weighted by atomic mass is 32.1. The van der Waals surface area contributed by atoms with Gasteiger partial charge in [0.15, 0.2) is 5.96 Å². The van der Waals surface area contributed by atoms with Crippen molar-refractivity contribution < 1.29 is 0 Å². The quantitative estimate of drug-likeness (QED) is 0.603. The molecule has 0 aromatic carbocycles. The van der Waals surface area contributed by atoms with E-state index in [2.05, 4.69) is 75.9 Å². The summed E-state index contributed by atoms with van der Waals surface area (Å²) < 4.78 is 0. The number of rotatable bonds is 7. The second kappa shape index (κ2) is 8.92. The predicted molar refractivity (Wildman–Crippen MR) is 97.9 cm³/mol. The van der Waals surface area contributed by atoms with Crippen LogP contribution in [0.2, 0.25) is 0 Å². The smallest absolute Gasteiger partial charge is 0.191 e. The van der Waals surface area contributed by atoms with Crippen LogP contribution >= 0.6 is 22.7 Å². The van der Waals surface area contributed by atoms with E-state index in [9.17, 15) is 0 Å². The summed E-state index contributed by atoms with van der Waals surface area (Å²) in [7, 11) is 4.23. The third kappa shape index (κ3) is 5.12. The number of thiophene rings is 2. The highest BCUT2D eigenvalue weighted by Gasteiger charge is 2.15. The molecule has 1 atom stereocenters. The van der Waals surface area contributed by atoms with Crippen molar-refractivity contribution in [2.45, 2.75) is 19.5 Å². The van der Waals surface area contributed by atoms with Gasteiger partial charge in [-0.1, -0.05) is 6.07 Å². The molecule has 2 aromatic rings. The minimum Gasteiger partial charge on any atom is -0.357 e. The van der Waals surface area contributed by atoms with Gasteiger partial charge in [0.05, 0.1) is 12.6 Å². The fourth-order valence-electron chi connectivity index (χ4n) is 2.11. The maximum atomic E-state index is 4.65. The van der Waals surface area contributed by atoms with Crippen LogP contribution in [0.5, 0.6) is 0 Å². The van der Waals surface area contributed by atoms with Gasteiger partial charge in [0.1, 0.15) is 0 Å². The number of guanidine groups is 1. The van der Waals surface area contributed by atoms with Gasteiger partial charge >= 0.3 is 0 Å². The van der Waals surface area contributed by atoms with Crippen LogP contribution in [0.15, 0.2) is 39.3 Å². The van der Waals surface area contributed by atoms with E-state index >= 15 is 0 Å². The average Bonchev–Trinajstić information content (AvgIpc) is 3.18. The van der Waals surface area contributed by atoms with E-state index < -0.39 is 0 Å². The van der Waals surface area contributed by atoms with Crippen LogP contribution in [0.25, 0.3) is 0 Å². The molecule has 0 aliphatic heterocycles. The Balaban J connectivity index is 1.96. The fraction of sp³-hybridized carbons (Fsp3) is 0.438. The van der Waals surface area contributed by atoms with Crippen LogP contribution < -0.4 is 10.6 Å². The van der Waals surface area contributed by atoms with Crippen molar-refractivity contribution in [3.8, 4) is 0 Å². The van der Waals surface area contributed by atoms with Gasteiger partial charge in [0.2, 0.25) is 0 Å². The van der Waals surface area contributed by atoms with Gasteiger partial charge < -0.3 is 15.5 Å². The maximum absolute atomic E-state index is 4.65. The summed E-state index contributed by atoms with van der Waals surface area (Å²) >= 11 is 3.50. The van der Waals surface area contributed by atoms with E-state index in [0.29, 0.717) is 12.6 Å². The van der Waals surface area contributed by atoms with Gasteiger partial charge in [0, 0.05) is 18.0 Å². The van der Waals surface area contributed by atoms with Crippen molar-refractivity contribution >= 4 is 28.6 Å². The average molecular weight is 337 g/mol. The van der Waals surface area contributed by atoms with E-state index in [0.717, 1.165) is 19.0 Å². The summed E-state index contributed by atoms with van der Waals surface area (Å²) in [5.74, 6) is 0.872. The Bertz CT molecular complexity index is 547. The summed E-state index contributed by atoms with van der Waals surface area (Å²) in [5.41, 5.74) is 1.25. The normalized spacial score (nSPS) is 13.4. The first-order valence-electron chi connectivity index (χ1n) is 7.43. The zero-order valence-corrected chi connectivity index (χ0v) is 15.0. The van der Waals surface area contributed by atoms with E-state index in [4.69, 9.17) is 0 Å². The van der Waals surface area contributed by atoms with E-state index in [1.54, 1.807) is 22.7 Å². The molecular weight excluding hydrogens is 312 g/mol. The Hall–Kier alpha value is -1.37. The van der Waals surface area contributed by atoms with Crippen molar-refractivity contribution in [2.24, 2.45) is 4.99 Å². The van der Waals surface area contributed by atoms with Gasteiger partial charge in [-0.25, -0.2) is 4.99 Å². The molecule has 0 aliphatic rings. The van der Waals surface area contributed by atoms with Crippen LogP contribution in [0.1, 0.15) is 23.4 Å². The van der Waals surface area contributed by atoms with Gasteiger partial charge in [-0.05, 0) is 54.9 Å². The van der Waals surface area contributed by atoms with E-state index in [-0.39, 0.29) is 0 Å². The van der Waals surface area contributed by atoms with Gasteiger partial charge in [-0.2, -0.15) is 11.3 Å². The molecule has 2 heterocycles. The van der Waals surface area contributed by atoms with Crippen LogP contribution in [-0.4, -0.2) is 38.0 Å². The summed E-state index contributed by atoms with van der Waals surface area (Å²) in [6, 6.07) is 6.76. The Kier molecular flexibility index (Phi) is 6.89. The third-order valence-electron chi connectivity index (χ3n) is 3.30. The van der Waals surface area contributed by atoms with Crippen molar-refractivity contribution in [3.05, 3.63) is 44.8 Å². The molecule has 0 saturated heterocycles. The number of hydrogen-bond donors (Lipinski definition) is 2. The predicted octanol–water partition coefficient (Wildman–Crippen LogP) is 3.17. The molecule has 0 saturated carbocycles. The first kappa shape index (κ1) is 17.0. The van der Waals surface area contributed by atoms with Gasteiger partial charge in [-0.3, -0.25) is 0 Å². The number of likely N-dealkylation sites (N-methyl/N-ethyl adjacent to an activating group) is 1. The molecular formula is C16H24N4S2. The lowest BCUT2D eigenvalue weighted by Crippen LogP contribution is -2.41. The molecule has 0 radical (unpaired) electrons. The monoisotopic (exact) mass is 336 g/mol.